The van der Waals surface area contributed by atoms with Crippen LogP contribution in [-0.2, 0) is 0 Å². The normalized spacial score (nSPS) is 14.8. The summed E-state index contributed by atoms with van der Waals surface area (Å²) in [6.45, 7) is 5.75. The van der Waals surface area contributed by atoms with Crippen molar-refractivity contribution in [3.05, 3.63) is 23.3 Å². The summed E-state index contributed by atoms with van der Waals surface area (Å²) < 4.78 is 22.4. The molecule has 1 aromatic rings. The Kier molecular flexibility index (Phi) is 1.61. The Morgan fingerprint density at radius 3 is 2.83 bits per heavy atom. The summed E-state index contributed by atoms with van der Waals surface area (Å²) in [6.07, 6.45) is -0.220. The molecule has 0 spiro atoms. The quantitative estimate of drug-likeness (QED) is 0.732. The van der Waals surface area contributed by atoms with Crippen molar-refractivity contribution in [1.29, 1.82) is 0 Å². The van der Waals surface area contributed by atoms with Crippen molar-refractivity contribution in [2.45, 2.75) is 26.3 Å². The zero-order valence-electron chi connectivity index (χ0n) is 10.3. The first-order valence-electron chi connectivity index (χ1n) is 5.14. The average Bonchev–Trinajstić information content (AvgIpc) is 2.08. The van der Waals surface area contributed by atoms with Crippen molar-refractivity contribution in [2.75, 3.05) is 5.32 Å². The van der Waals surface area contributed by atoms with Gasteiger partial charge in [0.05, 0.1) is 4.11 Å². The highest BCUT2D eigenvalue weighted by Gasteiger charge is 2.09. The van der Waals surface area contributed by atoms with Gasteiger partial charge in [0.15, 0.2) is 0 Å². The lowest BCUT2D eigenvalue weighted by Gasteiger charge is -2.21. The Hall–Kier alpha value is -0.760. The standard InChI is InChI=1S/C9H13ClN2/c1-9(2,3)12-8-6-7(10)4-5-11-8/h4-6H,1-3H3,(H,11,12)/i4D,5D,6D. The third kappa shape index (κ3) is 3.09. The van der Waals surface area contributed by atoms with Crippen LogP contribution in [0.15, 0.2) is 18.3 Å². The van der Waals surface area contributed by atoms with Gasteiger partial charge < -0.3 is 5.32 Å². The van der Waals surface area contributed by atoms with Crippen molar-refractivity contribution in [1.82, 2.24) is 4.98 Å². The van der Waals surface area contributed by atoms with Crippen LogP contribution in [0.1, 0.15) is 24.9 Å². The van der Waals surface area contributed by atoms with E-state index in [0.717, 1.165) is 0 Å². The molecule has 0 saturated carbocycles. The van der Waals surface area contributed by atoms with E-state index in [1.807, 2.05) is 20.8 Å². The second kappa shape index (κ2) is 3.31. The molecule has 0 saturated heterocycles. The molecular weight excluding hydrogens is 172 g/mol. The Morgan fingerprint density at radius 1 is 1.58 bits per heavy atom. The SMILES string of the molecule is [2H]c1nc(NC(C)(C)C)c([2H])c(Cl)c1[2H]. The molecule has 3 heteroatoms. The highest BCUT2D eigenvalue weighted by molar-refractivity contribution is 6.30. The van der Waals surface area contributed by atoms with Crippen molar-refractivity contribution in [3.63, 3.8) is 0 Å². The number of pyridine rings is 1. The van der Waals surface area contributed by atoms with E-state index in [2.05, 4.69) is 10.3 Å². The summed E-state index contributed by atoms with van der Waals surface area (Å²) in [4.78, 5) is 3.81. The van der Waals surface area contributed by atoms with Gasteiger partial charge in [0.2, 0.25) is 0 Å². The van der Waals surface area contributed by atoms with E-state index >= 15 is 0 Å². The van der Waals surface area contributed by atoms with Gasteiger partial charge in [-0.05, 0) is 32.9 Å². The minimum Gasteiger partial charge on any atom is -0.365 e. The van der Waals surface area contributed by atoms with Crippen molar-refractivity contribution < 1.29 is 4.11 Å². The molecule has 0 aromatic carbocycles. The van der Waals surface area contributed by atoms with Gasteiger partial charge in [-0.1, -0.05) is 11.6 Å². The van der Waals surface area contributed by atoms with E-state index in [4.69, 9.17) is 15.7 Å². The number of aromatic nitrogens is 1. The molecule has 0 aliphatic rings. The summed E-state index contributed by atoms with van der Waals surface area (Å²) in [5, 5.41) is 2.93. The second-order valence-electron chi connectivity index (χ2n) is 3.51. The van der Waals surface area contributed by atoms with Gasteiger partial charge in [-0.3, -0.25) is 0 Å². The molecule has 0 amide bonds. The summed E-state index contributed by atoms with van der Waals surface area (Å²) >= 11 is 5.74. The Bertz CT molecular complexity index is 388. The lowest BCUT2D eigenvalue weighted by atomic mass is 10.1. The molecule has 1 heterocycles. The second-order valence-corrected chi connectivity index (χ2v) is 3.89. The Balaban J connectivity index is 3.21. The van der Waals surface area contributed by atoms with Gasteiger partial charge in [-0.15, -0.1) is 0 Å². The van der Waals surface area contributed by atoms with Gasteiger partial charge >= 0.3 is 0 Å². The molecule has 0 unspecified atom stereocenters. The molecule has 0 aliphatic heterocycles. The first-order chi connectivity index (χ1) is 6.72. The van der Waals surface area contributed by atoms with Gasteiger partial charge in [0.25, 0.3) is 0 Å². The third-order valence-electron chi connectivity index (χ3n) is 1.05. The fourth-order valence-corrected chi connectivity index (χ4v) is 0.842. The van der Waals surface area contributed by atoms with Crippen molar-refractivity contribution in [2.24, 2.45) is 0 Å². The van der Waals surface area contributed by atoms with E-state index < -0.39 is 0 Å². The lowest BCUT2D eigenvalue weighted by Crippen LogP contribution is -2.26. The summed E-state index contributed by atoms with van der Waals surface area (Å²) in [5.74, 6) is 0.244. The lowest BCUT2D eigenvalue weighted by molar-refractivity contribution is 0.630. The Morgan fingerprint density at radius 2 is 2.25 bits per heavy atom. The molecule has 1 rings (SSSR count). The molecule has 0 radical (unpaired) electrons. The molecule has 0 bridgehead atoms. The van der Waals surface area contributed by atoms with E-state index in [-0.39, 0.29) is 34.6 Å². The first-order valence-corrected chi connectivity index (χ1v) is 4.01. The number of hydrogen-bond donors (Lipinski definition) is 1. The van der Waals surface area contributed by atoms with Gasteiger partial charge in [-0.2, -0.15) is 0 Å². The molecule has 0 aliphatic carbocycles. The molecule has 1 N–H and O–H groups in total. The van der Waals surface area contributed by atoms with Crippen LogP contribution < -0.4 is 5.32 Å². The molecule has 0 atom stereocenters. The van der Waals surface area contributed by atoms with Crippen LogP contribution in [0.5, 0.6) is 0 Å². The monoisotopic (exact) mass is 187 g/mol. The number of nitrogens with zero attached hydrogens (tertiary/aromatic N) is 1. The first kappa shape index (κ1) is 5.81. The van der Waals surface area contributed by atoms with Gasteiger partial charge in [0, 0.05) is 16.7 Å². The van der Waals surface area contributed by atoms with E-state index in [1.54, 1.807) is 0 Å². The smallest absolute Gasteiger partial charge is 0.127 e. The van der Waals surface area contributed by atoms with Crippen LogP contribution in [0.2, 0.25) is 5.02 Å². The number of anilines is 1. The van der Waals surface area contributed by atoms with Crippen LogP contribution in [0.4, 0.5) is 5.82 Å². The highest BCUT2D eigenvalue weighted by atomic mass is 35.5. The predicted molar refractivity (Wildman–Crippen MR) is 52.6 cm³/mol. The minimum atomic E-state index is -0.262. The highest BCUT2D eigenvalue weighted by Crippen LogP contribution is 2.15. The predicted octanol–water partition coefficient (Wildman–Crippen LogP) is 2.95. The largest absolute Gasteiger partial charge is 0.365 e. The fraction of sp³-hybridized carbons (Fsp3) is 0.444. The van der Waals surface area contributed by atoms with Gasteiger partial charge in [0.1, 0.15) is 5.82 Å². The van der Waals surface area contributed by atoms with Crippen molar-refractivity contribution in [3.8, 4) is 0 Å². The topological polar surface area (TPSA) is 24.9 Å². The minimum absolute atomic E-state index is 0.0346. The molecule has 66 valence electrons. The number of rotatable bonds is 1. The third-order valence-corrected chi connectivity index (χ3v) is 1.24. The molecular formula is C9H13ClN2. The zero-order chi connectivity index (χ0) is 11.8. The van der Waals surface area contributed by atoms with Crippen molar-refractivity contribution >= 4 is 17.4 Å². The van der Waals surface area contributed by atoms with Crippen LogP contribution in [-0.4, -0.2) is 10.5 Å². The molecule has 0 fully saturated rings. The number of hydrogen-bond acceptors (Lipinski definition) is 2. The maximum atomic E-state index is 7.65. The van der Waals surface area contributed by atoms with E-state index in [1.165, 1.54) is 0 Å². The summed E-state index contributed by atoms with van der Waals surface area (Å²) in [6, 6.07) is -0.242. The van der Waals surface area contributed by atoms with E-state index in [0.29, 0.717) is 0 Å². The average molecular weight is 188 g/mol. The van der Waals surface area contributed by atoms with Crippen LogP contribution in [0.25, 0.3) is 0 Å². The summed E-state index contributed by atoms with van der Waals surface area (Å²) in [5.41, 5.74) is -0.262. The maximum absolute atomic E-state index is 7.65. The van der Waals surface area contributed by atoms with E-state index in [9.17, 15) is 0 Å². The van der Waals surface area contributed by atoms with Crippen LogP contribution >= 0.6 is 11.6 Å². The van der Waals surface area contributed by atoms with Crippen LogP contribution in [0, 0.1) is 0 Å². The fourth-order valence-electron chi connectivity index (χ4n) is 0.710. The summed E-state index contributed by atoms with van der Waals surface area (Å²) in [7, 11) is 0. The molecule has 2 nitrogen and oxygen atoms in total. The number of nitrogens with one attached hydrogen (secondary N) is 1. The zero-order valence-corrected chi connectivity index (χ0v) is 8.08. The molecule has 12 heavy (non-hydrogen) atoms. The maximum Gasteiger partial charge on any atom is 0.127 e. The Labute approximate surface area is 82.2 Å². The number of halogens is 1. The van der Waals surface area contributed by atoms with Gasteiger partial charge in [-0.25, -0.2) is 4.98 Å². The van der Waals surface area contributed by atoms with Crippen LogP contribution in [0.3, 0.4) is 0 Å². The molecule has 1 aromatic heterocycles.